The highest BCUT2D eigenvalue weighted by Gasteiger charge is 2.24. The molecule has 0 amide bonds. The molecule has 1 aliphatic rings. The molecule has 1 aliphatic carbocycles. The fraction of sp³-hybridized carbons (Fsp3) is 0.600. The van der Waals surface area contributed by atoms with Crippen LogP contribution < -0.4 is 10.2 Å². The second-order valence-corrected chi connectivity index (χ2v) is 5.14. The van der Waals surface area contributed by atoms with Crippen LogP contribution in [0.3, 0.4) is 0 Å². The zero-order valence-corrected chi connectivity index (χ0v) is 11.5. The zero-order valence-electron chi connectivity index (χ0n) is 11.5. The van der Waals surface area contributed by atoms with E-state index in [1.807, 2.05) is 17.9 Å². The average molecular weight is 266 g/mol. The lowest BCUT2D eigenvalue weighted by molar-refractivity contribution is 0.235. The first-order valence-electron chi connectivity index (χ1n) is 7.11. The van der Waals surface area contributed by atoms with Crippen molar-refractivity contribution in [2.75, 3.05) is 24.6 Å². The van der Waals surface area contributed by atoms with E-state index in [9.17, 15) is 9.50 Å². The largest absolute Gasteiger partial charge is 0.395 e. The molecule has 0 saturated heterocycles. The highest BCUT2D eigenvalue weighted by molar-refractivity contribution is 5.47. The Bertz CT molecular complexity index is 395. The Balaban J connectivity index is 1.89. The number of para-hydroxylation sites is 1. The number of rotatable bonds is 8. The molecular formula is C15H23FN2O. The molecule has 2 N–H and O–H groups in total. The maximum absolute atomic E-state index is 13.7. The molecule has 0 aromatic heterocycles. The Morgan fingerprint density at radius 3 is 2.74 bits per heavy atom. The second-order valence-electron chi connectivity index (χ2n) is 5.14. The summed E-state index contributed by atoms with van der Waals surface area (Å²) in [5, 5.41) is 12.8. The van der Waals surface area contributed by atoms with Gasteiger partial charge in [-0.1, -0.05) is 12.1 Å². The minimum atomic E-state index is -0.181. The first-order valence-corrected chi connectivity index (χ1v) is 7.11. The maximum Gasteiger partial charge on any atom is 0.146 e. The van der Waals surface area contributed by atoms with Gasteiger partial charge in [-0.2, -0.15) is 0 Å². The van der Waals surface area contributed by atoms with Crippen LogP contribution in [0.2, 0.25) is 0 Å². The molecule has 3 nitrogen and oxygen atoms in total. The fourth-order valence-corrected chi connectivity index (χ4v) is 2.28. The van der Waals surface area contributed by atoms with Crippen LogP contribution in [-0.2, 0) is 0 Å². The average Bonchev–Trinajstić information content (AvgIpc) is 3.23. The summed E-state index contributed by atoms with van der Waals surface area (Å²) in [5.41, 5.74) is 0.646. The summed E-state index contributed by atoms with van der Waals surface area (Å²) in [6, 6.07) is 7.56. The third kappa shape index (κ3) is 4.18. The van der Waals surface area contributed by atoms with Crippen molar-refractivity contribution in [2.24, 2.45) is 0 Å². The molecule has 1 aromatic carbocycles. The molecule has 0 spiro atoms. The number of halogens is 1. The molecule has 1 unspecified atom stereocenters. The van der Waals surface area contributed by atoms with Gasteiger partial charge >= 0.3 is 0 Å². The molecule has 2 rings (SSSR count). The predicted molar refractivity (Wildman–Crippen MR) is 75.9 cm³/mol. The number of nitrogens with one attached hydrogen (secondary N) is 1. The van der Waals surface area contributed by atoms with Gasteiger partial charge < -0.3 is 15.3 Å². The van der Waals surface area contributed by atoms with Crippen LogP contribution in [0.1, 0.15) is 26.2 Å². The first-order chi connectivity index (χ1) is 9.24. The third-order valence-corrected chi connectivity index (χ3v) is 3.59. The smallest absolute Gasteiger partial charge is 0.146 e. The van der Waals surface area contributed by atoms with Crippen molar-refractivity contribution >= 4 is 5.69 Å². The number of anilines is 1. The van der Waals surface area contributed by atoms with Gasteiger partial charge in [0.15, 0.2) is 0 Å². The Morgan fingerprint density at radius 1 is 1.42 bits per heavy atom. The van der Waals surface area contributed by atoms with Crippen molar-refractivity contribution < 1.29 is 9.50 Å². The lowest BCUT2D eigenvalue weighted by Gasteiger charge is -2.26. The summed E-state index contributed by atoms with van der Waals surface area (Å²) in [4.78, 5) is 2.02. The van der Waals surface area contributed by atoms with Crippen LogP contribution in [0.25, 0.3) is 0 Å². The van der Waals surface area contributed by atoms with Crippen molar-refractivity contribution in [3.05, 3.63) is 30.1 Å². The van der Waals surface area contributed by atoms with E-state index < -0.39 is 0 Å². The standard InChI is InChI=1S/C15H23FN2O/c1-2-18(15-6-4-3-5-14(15)16)10-9-13(11-19)17-12-7-8-12/h3-6,12-13,17,19H,2,7-11H2,1H3. The highest BCUT2D eigenvalue weighted by Crippen LogP contribution is 2.21. The number of benzene rings is 1. The van der Waals surface area contributed by atoms with Crippen molar-refractivity contribution in [2.45, 2.75) is 38.3 Å². The summed E-state index contributed by atoms with van der Waals surface area (Å²) in [7, 11) is 0. The molecule has 106 valence electrons. The topological polar surface area (TPSA) is 35.5 Å². The molecule has 1 aromatic rings. The van der Waals surface area contributed by atoms with E-state index in [1.165, 1.54) is 18.9 Å². The Kier molecular flexibility index (Phi) is 5.16. The van der Waals surface area contributed by atoms with Gasteiger partial charge in [-0.05, 0) is 38.3 Å². The monoisotopic (exact) mass is 266 g/mol. The van der Waals surface area contributed by atoms with Crippen LogP contribution in [-0.4, -0.2) is 36.9 Å². The molecule has 1 saturated carbocycles. The van der Waals surface area contributed by atoms with Gasteiger partial charge in [-0.3, -0.25) is 0 Å². The van der Waals surface area contributed by atoms with Crippen molar-refractivity contribution in [1.82, 2.24) is 5.32 Å². The van der Waals surface area contributed by atoms with Gasteiger partial charge in [0, 0.05) is 25.2 Å². The quantitative estimate of drug-likeness (QED) is 0.757. The minimum Gasteiger partial charge on any atom is -0.395 e. The predicted octanol–water partition coefficient (Wildman–Crippen LogP) is 2.15. The minimum absolute atomic E-state index is 0.119. The van der Waals surface area contributed by atoms with E-state index in [0.29, 0.717) is 11.7 Å². The van der Waals surface area contributed by atoms with Gasteiger partial charge in [0.25, 0.3) is 0 Å². The number of hydrogen-bond donors (Lipinski definition) is 2. The Labute approximate surface area is 114 Å². The van der Waals surface area contributed by atoms with Crippen molar-refractivity contribution in [3.63, 3.8) is 0 Å². The van der Waals surface area contributed by atoms with Crippen LogP contribution in [0.15, 0.2) is 24.3 Å². The first kappa shape index (κ1) is 14.3. The molecule has 1 fully saturated rings. The van der Waals surface area contributed by atoms with E-state index in [4.69, 9.17) is 0 Å². The van der Waals surface area contributed by atoms with Gasteiger partial charge in [0.1, 0.15) is 5.82 Å². The molecule has 0 aliphatic heterocycles. The summed E-state index contributed by atoms with van der Waals surface area (Å²) in [5.74, 6) is -0.181. The summed E-state index contributed by atoms with van der Waals surface area (Å²) < 4.78 is 13.7. The van der Waals surface area contributed by atoms with E-state index in [1.54, 1.807) is 12.1 Å². The van der Waals surface area contributed by atoms with Crippen LogP contribution >= 0.6 is 0 Å². The lowest BCUT2D eigenvalue weighted by Crippen LogP contribution is -2.38. The summed E-state index contributed by atoms with van der Waals surface area (Å²) in [6.07, 6.45) is 3.25. The molecule has 1 atom stereocenters. The number of hydrogen-bond acceptors (Lipinski definition) is 3. The molecular weight excluding hydrogens is 243 g/mol. The zero-order chi connectivity index (χ0) is 13.7. The normalized spacial score (nSPS) is 16.4. The van der Waals surface area contributed by atoms with Gasteiger partial charge in [-0.15, -0.1) is 0 Å². The van der Waals surface area contributed by atoms with Gasteiger partial charge in [-0.25, -0.2) is 4.39 Å². The van der Waals surface area contributed by atoms with Gasteiger partial charge in [0.05, 0.1) is 12.3 Å². The molecule has 0 bridgehead atoms. The lowest BCUT2D eigenvalue weighted by atomic mass is 10.2. The highest BCUT2D eigenvalue weighted by atomic mass is 19.1. The van der Waals surface area contributed by atoms with Crippen molar-refractivity contribution in [3.8, 4) is 0 Å². The van der Waals surface area contributed by atoms with E-state index in [-0.39, 0.29) is 18.5 Å². The van der Waals surface area contributed by atoms with Crippen molar-refractivity contribution in [1.29, 1.82) is 0 Å². The summed E-state index contributed by atoms with van der Waals surface area (Å²) >= 11 is 0. The molecule has 0 radical (unpaired) electrons. The summed E-state index contributed by atoms with van der Waals surface area (Å²) in [6.45, 7) is 3.69. The maximum atomic E-state index is 13.7. The third-order valence-electron chi connectivity index (χ3n) is 3.59. The molecule has 4 heteroatoms. The van der Waals surface area contributed by atoms with E-state index in [2.05, 4.69) is 5.32 Å². The second kappa shape index (κ2) is 6.87. The number of aliphatic hydroxyl groups is 1. The van der Waals surface area contributed by atoms with Crippen LogP contribution in [0, 0.1) is 5.82 Å². The Hall–Kier alpha value is -1.13. The molecule has 19 heavy (non-hydrogen) atoms. The molecule has 0 heterocycles. The van der Waals surface area contributed by atoms with Gasteiger partial charge in [0.2, 0.25) is 0 Å². The van der Waals surface area contributed by atoms with Crippen LogP contribution in [0.4, 0.5) is 10.1 Å². The van der Waals surface area contributed by atoms with E-state index in [0.717, 1.165) is 19.5 Å². The number of nitrogens with zero attached hydrogens (tertiary/aromatic N) is 1. The SMILES string of the molecule is CCN(CCC(CO)NC1CC1)c1ccccc1F. The number of aliphatic hydroxyl groups excluding tert-OH is 1. The fourth-order valence-electron chi connectivity index (χ4n) is 2.28. The van der Waals surface area contributed by atoms with E-state index >= 15 is 0 Å². The van der Waals surface area contributed by atoms with Crippen LogP contribution in [0.5, 0.6) is 0 Å². The Morgan fingerprint density at radius 2 is 2.16 bits per heavy atom.